The van der Waals surface area contributed by atoms with Crippen LogP contribution in [0.4, 0.5) is 0 Å². The Labute approximate surface area is 124 Å². The van der Waals surface area contributed by atoms with Crippen molar-refractivity contribution >= 4 is 0 Å². The van der Waals surface area contributed by atoms with Gasteiger partial charge in [0.05, 0.1) is 11.7 Å². The van der Waals surface area contributed by atoms with E-state index in [1.165, 1.54) is 19.3 Å². The Morgan fingerprint density at radius 1 is 1.15 bits per heavy atom. The van der Waals surface area contributed by atoms with Crippen LogP contribution in [0.3, 0.4) is 0 Å². The summed E-state index contributed by atoms with van der Waals surface area (Å²) < 4.78 is 5.84. The Morgan fingerprint density at radius 2 is 1.90 bits per heavy atom. The second-order valence-electron chi connectivity index (χ2n) is 8.44. The van der Waals surface area contributed by atoms with Crippen LogP contribution in [0.2, 0.25) is 0 Å². The van der Waals surface area contributed by atoms with Crippen LogP contribution >= 0.6 is 0 Å². The number of hydrogen-bond donors (Lipinski definition) is 1. The Balaban J connectivity index is 1.82. The van der Waals surface area contributed by atoms with Gasteiger partial charge in [0.1, 0.15) is 0 Å². The molecule has 0 radical (unpaired) electrons. The highest BCUT2D eigenvalue weighted by molar-refractivity contribution is 5.15. The first kappa shape index (κ1) is 14.8. The fourth-order valence-electron chi connectivity index (χ4n) is 5.94. The van der Waals surface area contributed by atoms with E-state index in [0.29, 0.717) is 16.7 Å². The van der Waals surface area contributed by atoms with Crippen molar-refractivity contribution in [3.8, 4) is 0 Å². The normalized spacial score (nSPS) is 50.5. The maximum absolute atomic E-state index is 11.4. The van der Waals surface area contributed by atoms with Crippen molar-refractivity contribution in [1.29, 1.82) is 0 Å². The lowest BCUT2D eigenvalue weighted by Gasteiger charge is -2.50. The average Bonchev–Trinajstić information content (AvgIpc) is 2.72. The molecule has 0 heterocycles. The first-order valence-corrected chi connectivity index (χ1v) is 8.67. The minimum Gasteiger partial charge on any atom is -0.389 e. The molecule has 3 rings (SSSR count). The first-order valence-electron chi connectivity index (χ1n) is 8.67. The SMILES string of the molecule is CCOC1CCCC(O)([C@@H]2C[C@H]3CC[C@]2(C)C3(C)C)C1. The summed E-state index contributed by atoms with van der Waals surface area (Å²) in [5, 5.41) is 11.4. The lowest BCUT2D eigenvalue weighted by atomic mass is 9.59. The molecule has 0 aromatic rings. The summed E-state index contributed by atoms with van der Waals surface area (Å²) >= 11 is 0. The molecule has 0 aromatic carbocycles. The first-order chi connectivity index (χ1) is 9.33. The van der Waals surface area contributed by atoms with Gasteiger partial charge in [-0.1, -0.05) is 20.8 Å². The van der Waals surface area contributed by atoms with E-state index in [9.17, 15) is 5.11 Å². The number of fused-ring (bicyclic) bond motifs is 2. The second kappa shape index (κ2) is 4.71. The van der Waals surface area contributed by atoms with Crippen molar-refractivity contribution < 1.29 is 9.84 Å². The third-order valence-corrected chi connectivity index (χ3v) is 7.56. The molecule has 3 aliphatic carbocycles. The Morgan fingerprint density at radius 3 is 2.45 bits per heavy atom. The van der Waals surface area contributed by atoms with Crippen molar-refractivity contribution in [3.05, 3.63) is 0 Å². The molecule has 2 unspecified atom stereocenters. The van der Waals surface area contributed by atoms with E-state index in [4.69, 9.17) is 4.74 Å². The number of hydrogen-bond acceptors (Lipinski definition) is 2. The monoisotopic (exact) mass is 280 g/mol. The molecule has 1 N–H and O–H groups in total. The van der Waals surface area contributed by atoms with Gasteiger partial charge in [0, 0.05) is 13.0 Å². The van der Waals surface area contributed by atoms with E-state index in [-0.39, 0.29) is 6.10 Å². The van der Waals surface area contributed by atoms with Gasteiger partial charge in [-0.2, -0.15) is 0 Å². The topological polar surface area (TPSA) is 29.5 Å². The van der Waals surface area contributed by atoms with E-state index < -0.39 is 5.60 Å². The maximum Gasteiger partial charge on any atom is 0.0706 e. The molecule has 116 valence electrons. The Hall–Kier alpha value is -0.0800. The zero-order chi connectivity index (χ0) is 14.6. The predicted octanol–water partition coefficient (Wildman–Crippen LogP) is 4.16. The molecule has 0 saturated heterocycles. The second-order valence-corrected chi connectivity index (χ2v) is 8.44. The average molecular weight is 280 g/mol. The van der Waals surface area contributed by atoms with Crippen molar-refractivity contribution in [2.24, 2.45) is 22.7 Å². The highest BCUT2D eigenvalue weighted by Crippen LogP contribution is 2.71. The lowest BCUT2D eigenvalue weighted by molar-refractivity contribution is -0.135. The van der Waals surface area contributed by atoms with Gasteiger partial charge in [-0.15, -0.1) is 0 Å². The van der Waals surface area contributed by atoms with Gasteiger partial charge < -0.3 is 9.84 Å². The molecule has 5 atom stereocenters. The fourth-order valence-corrected chi connectivity index (χ4v) is 5.94. The molecular weight excluding hydrogens is 248 g/mol. The molecular formula is C18H32O2. The summed E-state index contributed by atoms with van der Waals surface area (Å²) in [6, 6.07) is 0. The van der Waals surface area contributed by atoms with Crippen molar-refractivity contribution in [2.45, 2.75) is 84.3 Å². The highest BCUT2D eigenvalue weighted by atomic mass is 16.5. The lowest BCUT2D eigenvalue weighted by Crippen LogP contribution is -2.51. The number of ether oxygens (including phenoxy) is 1. The number of aliphatic hydroxyl groups is 1. The van der Waals surface area contributed by atoms with Crippen LogP contribution in [0.15, 0.2) is 0 Å². The van der Waals surface area contributed by atoms with Crippen molar-refractivity contribution in [3.63, 3.8) is 0 Å². The van der Waals surface area contributed by atoms with E-state index in [0.717, 1.165) is 38.2 Å². The van der Waals surface area contributed by atoms with Crippen LogP contribution in [-0.4, -0.2) is 23.4 Å². The zero-order valence-corrected chi connectivity index (χ0v) is 13.7. The molecule has 2 nitrogen and oxygen atoms in total. The molecule has 3 saturated carbocycles. The summed E-state index contributed by atoms with van der Waals surface area (Å²) in [6.07, 6.45) is 8.29. The molecule has 20 heavy (non-hydrogen) atoms. The van der Waals surface area contributed by atoms with Crippen LogP contribution in [0.1, 0.15) is 72.6 Å². The van der Waals surface area contributed by atoms with Crippen LogP contribution in [0, 0.1) is 22.7 Å². The Bertz CT molecular complexity index is 376. The van der Waals surface area contributed by atoms with Crippen LogP contribution in [-0.2, 0) is 4.74 Å². The smallest absolute Gasteiger partial charge is 0.0706 e. The van der Waals surface area contributed by atoms with E-state index in [1.54, 1.807) is 0 Å². The summed E-state index contributed by atoms with van der Waals surface area (Å²) in [4.78, 5) is 0. The maximum atomic E-state index is 11.4. The summed E-state index contributed by atoms with van der Waals surface area (Å²) in [6.45, 7) is 10.2. The predicted molar refractivity (Wildman–Crippen MR) is 81.6 cm³/mol. The molecule has 0 amide bonds. The number of rotatable bonds is 3. The summed E-state index contributed by atoms with van der Waals surface area (Å²) in [7, 11) is 0. The molecule has 2 bridgehead atoms. The van der Waals surface area contributed by atoms with Gasteiger partial charge in [0.15, 0.2) is 0 Å². The molecule has 3 aliphatic rings. The van der Waals surface area contributed by atoms with Crippen molar-refractivity contribution in [2.75, 3.05) is 6.61 Å². The van der Waals surface area contributed by atoms with Gasteiger partial charge in [0.2, 0.25) is 0 Å². The van der Waals surface area contributed by atoms with Gasteiger partial charge in [-0.25, -0.2) is 0 Å². The standard InChI is InChI=1S/C18H32O2/c1-5-20-14-7-6-9-18(19,12-14)15-11-13-8-10-17(15,4)16(13,2)3/h13-15,19H,5-12H2,1-4H3/t13-,14?,15-,17+,18?/m1/s1. The van der Waals surface area contributed by atoms with Crippen LogP contribution in [0.5, 0.6) is 0 Å². The molecule has 0 spiro atoms. The molecule has 3 fully saturated rings. The van der Waals surface area contributed by atoms with Gasteiger partial charge >= 0.3 is 0 Å². The Kier molecular flexibility index (Phi) is 3.49. The van der Waals surface area contributed by atoms with Gasteiger partial charge in [-0.3, -0.25) is 0 Å². The summed E-state index contributed by atoms with van der Waals surface area (Å²) in [5.41, 5.74) is 0.242. The highest BCUT2D eigenvalue weighted by Gasteiger charge is 2.65. The molecule has 2 heteroatoms. The quantitative estimate of drug-likeness (QED) is 0.841. The van der Waals surface area contributed by atoms with Crippen LogP contribution < -0.4 is 0 Å². The van der Waals surface area contributed by atoms with E-state index >= 15 is 0 Å². The minimum atomic E-state index is -0.473. The minimum absolute atomic E-state index is 0.282. The summed E-state index contributed by atoms with van der Waals surface area (Å²) in [5.74, 6) is 1.29. The van der Waals surface area contributed by atoms with E-state index in [1.807, 2.05) is 0 Å². The van der Waals surface area contributed by atoms with Crippen molar-refractivity contribution in [1.82, 2.24) is 0 Å². The zero-order valence-electron chi connectivity index (χ0n) is 13.7. The third-order valence-electron chi connectivity index (χ3n) is 7.56. The largest absolute Gasteiger partial charge is 0.389 e. The fraction of sp³-hybridized carbons (Fsp3) is 1.00. The third kappa shape index (κ3) is 1.90. The molecule has 0 aliphatic heterocycles. The van der Waals surface area contributed by atoms with Gasteiger partial charge in [0.25, 0.3) is 0 Å². The van der Waals surface area contributed by atoms with Gasteiger partial charge in [-0.05, 0) is 68.1 Å². The molecule has 0 aromatic heterocycles. The van der Waals surface area contributed by atoms with Crippen LogP contribution in [0.25, 0.3) is 0 Å². The van der Waals surface area contributed by atoms with E-state index in [2.05, 4.69) is 27.7 Å².